The first kappa shape index (κ1) is 10.2. The third-order valence-electron chi connectivity index (χ3n) is 2.72. The quantitative estimate of drug-likeness (QED) is 0.753. The summed E-state index contributed by atoms with van der Waals surface area (Å²) in [7, 11) is 0. The van der Waals surface area contributed by atoms with E-state index in [1.54, 1.807) is 18.2 Å². The number of carbonyl (C=O) groups is 1. The molecule has 0 radical (unpaired) electrons. The lowest BCUT2D eigenvalue weighted by atomic mass is 9.91. The predicted molar refractivity (Wildman–Crippen MR) is 56.0 cm³/mol. The van der Waals surface area contributed by atoms with E-state index < -0.39 is 0 Å². The van der Waals surface area contributed by atoms with Crippen molar-refractivity contribution in [1.29, 1.82) is 0 Å². The standard InChI is InChI=1S/C12H14O3/c13-11-3-1-2-10(8-11)12(14)9-4-6-15-7-5-9/h1-3,8-9,13H,4-7H2. The zero-order chi connectivity index (χ0) is 10.7. The average molecular weight is 206 g/mol. The second-order valence-corrected chi connectivity index (χ2v) is 3.80. The molecule has 80 valence electrons. The number of hydrogen-bond donors (Lipinski definition) is 1. The molecule has 1 fully saturated rings. The molecule has 1 N–H and O–H groups in total. The summed E-state index contributed by atoms with van der Waals surface area (Å²) in [4.78, 5) is 12.0. The molecule has 15 heavy (non-hydrogen) atoms. The first-order valence-electron chi connectivity index (χ1n) is 5.18. The number of benzene rings is 1. The van der Waals surface area contributed by atoms with Crippen LogP contribution in [0.3, 0.4) is 0 Å². The molecule has 1 aliphatic heterocycles. The molecular formula is C12H14O3. The highest BCUT2D eigenvalue weighted by molar-refractivity contribution is 5.98. The highest BCUT2D eigenvalue weighted by Crippen LogP contribution is 2.21. The van der Waals surface area contributed by atoms with Gasteiger partial charge in [0.05, 0.1) is 0 Å². The number of aromatic hydroxyl groups is 1. The Balaban J connectivity index is 2.12. The monoisotopic (exact) mass is 206 g/mol. The lowest BCUT2D eigenvalue weighted by Gasteiger charge is -2.20. The van der Waals surface area contributed by atoms with E-state index in [1.165, 1.54) is 6.07 Å². The van der Waals surface area contributed by atoms with Crippen LogP contribution in [0, 0.1) is 5.92 Å². The second kappa shape index (κ2) is 4.45. The smallest absolute Gasteiger partial charge is 0.166 e. The summed E-state index contributed by atoms with van der Waals surface area (Å²) in [5.41, 5.74) is 0.599. The van der Waals surface area contributed by atoms with Crippen LogP contribution >= 0.6 is 0 Å². The van der Waals surface area contributed by atoms with E-state index in [0.717, 1.165) is 12.8 Å². The molecule has 0 spiro atoms. The Morgan fingerprint density at radius 3 is 2.73 bits per heavy atom. The first-order valence-corrected chi connectivity index (χ1v) is 5.18. The van der Waals surface area contributed by atoms with Crippen LogP contribution in [-0.2, 0) is 4.74 Å². The van der Waals surface area contributed by atoms with Crippen molar-refractivity contribution in [3.8, 4) is 5.75 Å². The molecule has 1 aliphatic rings. The predicted octanol–water partition coefficient (Wildman–Crippen LogP) is 2.00. The van der Waals surface area contributed by atoms with E-state index in [2.05, 4.69) is 0 Å². The van der Waals surface area contributed by atoms with Gasteiger partial charge in [0, 0.05) is 24.7 Å². The molecule has 0 atom stereocenters. The van der Waals surface area contributed by atoms with Gasteiger partial charge in [0.15, 0.2) is 5.78 Å². The normalized spacial score (nSPS) is 17.6. The Hall–Kier alpha value is -1.35. The van der Waals surface area contributed by atoms with Gasteiger partial charge in [-0.15, -0.1) is 0 Å². The third kappa shape index (κ3) is 2.36. The van der Waals surface area contributed by atoms with Gasteiger partial charge in [-0.2, -0.15) is 0 Å². The van der Waals surface area contributed by atoms with Gasteiger partial charge in [-0.25, -0.2) is 0 Å². The van der Waals surface area contributed by atoms with Crippen LogP contribution in [0.2, 0.25) is 0 Å². The van der Waals surface area contributed by atoms with Crippen LogP contribution in [-0.4, -0.2) is 24.1 Å². The lowest BCUT2D eigenvalue weighted by molar-refractivity contribution is 0.0544. The fourth-order valence-corrected chi connectivity index (χ4v) is 1.85. The Labute approximate surface area is 88.7 Å². The molecular weight excluding hydrogens is 192 g/mol. The van der Waals surface area contributed by atoms with Crippen molar-refractivity contribution in [3.05, 3.63) is 29.8 Å². The van der Waals surface area contributed by atoms with Crippen molar-refractivity contribution in [3.63, 3.8) is 0 Å². The van der Waals surface area contributed by atoms with E-state index in [1.807, 2.05) is 0 Å². The minimum atomic E-state index is 0.0561. The molecule has 3 nitrogen and oxygen atoms in total. The lowest BCUT2D eigenvalue weighted by Crippen LogP contribution is -2.23. The van der Waals surface area contributed by atoms with E-state index in [4.69, 9.17) is 4.74 Å². The maximum Gasteiger partial charge on any atom is 0.166 e. The summed E-state index contributed by atoms with van der Waals surface area (Å²) in [6.45, 7) is 1.32. The zero-order valence-electron chi connectivity index (χ0n) is 8.48. The van der Waals surface area contributed by atoms with Gasteiger partial charge in [-0.05, 0) is 25.0 Å². The number of phenolic OH excluding ortho intramolecular Hbond substituents is 1. The molecule has 3 heteroatoms. The Bertz CT molecular complexity index is 354. The van der Waals surface area contributed by atoms with Gasteiger partial charge < -0.3 is 9.84 Å². The maximum absolute atomic E-state index is 12.0. The molecule has 0 bridgehead atoms. The van der Waals surface area contributed by atoms with Gasteiger partial charge in [0.2, 0.25) is 0 Å². The third-order valence-corrected chi connectivity index (χ3v) is 2.72. The van der Waals surface area contributed by atoms with Crippen LogP contribution < -0.4 is 0 Å². The summed E-state index contributed by atoms with van der Waals surface area (Å²) in [5, 5.41) is 9.28. The number of rotatable bonds is 2. The number of ether oxygens (including phenoxy) is 1. The van der Waals surface area contributed by atoms with Crippen LogP contribution in [0.25, 0.3) is 0 Å². The van der Waals surface area contributed by atoms with Gasteiger partial charge in [-0.3, -0.25) is 4.79 Å². The van der Waals surface area contributed by atoms with Crippen molar-refractivity contribution in [2.24, 2.45) is 5.92 Å². The first-order chi connectivity index (χ1) is 7.27. The Morgan fingerprint density at radius 1 is 1.33 bits per heavy atom. The summed E-state index contributed by atoms with van der Waals surface area (Å²) in [6, 6.07) is 6.54. The molecule has 0 aromatic heterocycles. The highest BCUT2D eigenvalue weighted by atomic mass is 16.5. The van der Waals surface area contributed by atoms with Crippen LogP contribution in [0.4, 0.5) is 0 Å². The fraction of sp³-hybridized carbons (Fsp3) is 0.417. The van der Waals surface area contributed by atoms with Gasteiger partial charge >= 0.3 is 0 Å². The molecule has 0 amide bonds. The second-order valence-electron chi connectivity index (χ2n) is 3.80. The molecule has 1 heterocycles. The number of carbonyl (C=O) groups excluding carboxylic acids is 1. The topological polar surface area (TPSA) is 46.5 Å². The van der Waals surface area contributed by atoms with Crippen molar-refractivity contribution in [1.82, 2.24) is 0 Å². The summed E-state index contributed by atoms with van der Waals surface area (Å²) in [6.07, 6.45) is 1.57. The van der Waals surface area contributed by atoms with E-state index >= 15 is 0 Å². The highest BCUT2D eigenvalue weighted by Gasteiger charge is 2.22. The van der Waals surface area contributed by atoms with Gasteiger partial charge in [0.25, 0.3) is 0 Å². The Morgan fingerprint density at radius 2 is 2.07 bits per heavy atom. The molecule has 1 aromatic rings. The van der Waals surface area contributed by atoms with Crippen molar-refractivity contribution in [2.45, 2.75) is 12.8 Å². The number of ketones is 1. The van der Waals surface area contributed by atoms with Crippen molar-refractivity contribution in [2.75, 3.05) is 13.2 Å². The summed E-state index contributed by atoms with van der Waals surface area (Å²) >= 11 is 0. The SMILES string of the molecule is O=C(c1cccc(O)c1)C1CCOCC1. The van der Waals surface area contributed by atoms with Gasteiger partial charge in [0.1, 0.15) is 5.75 Å². The van der Waals surface area contributed by atoms with E-state index in [9.17, 15) is 9.90 Å². The molecule has 1 saturated heterocycles. The number of hydrogen-bond acceptors (Lipinski definition) is 3. The minimum absolute atomic E-state index is 0.0561. The zero-order valence-corrected chi connectivity index (χ0v) is 8.48. The Kier molecular flexibility index (Phi) is 3.02. The molecule has 0 saturated carbocycles. The van der Waals surface area contributed by atoms with Crippen molar-refractivity contribution >= 4 is 5.78 Å². The molecule has 0 unspecified atom stereocenters. The fourth-order valence-electron chi connectivity index (χ4n) is 1.85. The van der Waals surface area contributed by atoms with Gasteiger partial charge in [-0.1, -0.05) is 12.1 Å². The molecule has 1 aromatic carbocycles. The largest absolute Gasteiger partial charge is 0.508 e. The minimum Gasteiger partial charge on any atom is -0.508 e. The van der Waals surface area contributed by atoms with E-state index in [0.29, 0.717) is 18.8 Å². The summed E-state index contributed by atoms with van der Waals surface area (Å²) in [5.74, 6) is 0.322. The van der Waals surface area contributed by atoms with Crippen LogP contribution in [0.15, 0.2) is 24.3 Å². The maximum atomic E-state index is 12.0. The van der Waals surface area contributed by atoms with E-state index in [-0.39, 0.29) is 17.5 Å². The molecule has 2 rings (SSSR count). The number of Topliss-reactive ketones (excluding diaryl/α,β-unsaturated/α-hetero) is 1. The summed E-state index contributed by atoms with van der Waals surface area (Å²) < 4.78 is 5.21. The molecule has 0 aliphatic carbocycles. The van der Waals surface area contributed by atoms with Crippen molar-refractivity contribution < 1.29 is 14.6 Å². The van der Waals surface area contributed by atoms with Crippen LogP contribution in [0.5, 0.6) is 5.75 Å². The average Bonchev–Trinajstić information content (AvgIpc) is 2.29. The number of phenols is 1. The van der Waals surface area contributed by atoms with Crippen LogP contribution in [0.1, 0.15) is 23.2 Å².